The van der Waals surface area contributed by atoms with Gasteiger partial charge in [-0.25, -0.2) is 0 Å². The summed E-state index contributed by atoms with van der Waals surface area (Å²) in [5.74, 6) is 0. The van der Waals surface area contributed by atoms with Gasteiger partial charge in [-0.1, -0.05) is 20.8 Å². The van der Waals surface area contributed by atoms with E-state index in [0.717, 1.165) is 26.1 Å². The first-order chi connectivity index (χ1) is 6.48. The predicted molar refractivity (Wildman–Crippen MR) is 62.6 cm³/mol. The molecule has 0 aliphatic carbocycles. The molecule has 14 heavy (non-hydrogen) atoms. The van der Waals surface area contributed by atoms with Gasteiger partial charge in [0.1, 0.15) is 0 Å². The number of hydrogen-bond acceptors (Lipinski definition) is 2. The molecule has 2 heteroatoms. The molecule has 0 aliphatic rings. The van der Waals surface area contributed by atoms with E-state index in [2.05, 4.69) is 39.9 Å². The Balaban J connectivity index is 3.50. The van der Waals surface area contributed by atoms with Gasteiger partial charge in [-0.05, 0) is 38.6 Å². The topological polar surface area (TPSA) is 21.3 Å². The maximum atomic E-state index is 5.56. The summed E-state index contributed by atoms with van der Waals surface area (Å²) in [6.45, 7) is 14.0. The van der Waals surface area contributed by atoms with Crippen molar-refractivity contribution in [2.75, 3.05) is 19.7 Å². The Morgan fingerprint density at radius 2 is 1.93 bits per heavy atom. The second kappa shape index (κ2) is 7.24. The fourth-order valence-corrected chi connectivity index (χ4v) is 1.26. The highest BCUT2D eigenvalue weighted by molar-refractivity contribution is 4.71. The SMILES string of the molecule is CCCNCC(C)(C)CCOC(C)C. The molecule has 0 heterocycles. The largest absolute Gasteiger partial charge is 0.379 e. The van der Waals surface area contributed by atoms with Crippen molar-refractivity contribution in [1.29, 1.82) is 0 Å². The van der Waals surface area contributed by atoms with E-state index in [0.29, 0.717) is 11.5 Å². The summed E-state index contributed by atoms with van der Waals surface area (Å²) in [6.07, 6.45) is 2.69. The van der Waals surface area contributed by atoms with Crippen LogP contribution in [0, 0.1) is 5.41 Å². The van der Waals surface area contributed by atoms with Crippen molar-refractivity contribution in [3.8, 4) is 0 Å². The van der Waals surface area contributed by atoms with Crippen molar-refractivity contribution in [3.63, 3.8) is 0 Å². The molecule has 0 unspecified atom stereocenters. The zero-order chi connectivity index (χ0) is 11.0. The Bertz CT molecular complexity index is 132. The van der Waals surface area contributed by atoms with Crippen LogP contribution >= 0.6 is 0 Å². The Labute approximate surface area is 89.4 Å². The molecule has 0 aromatic rings. The van der Waals surface area contributed by atoms with Crippen LogP contribution in [0.25, 0.3) is 0 Å². The second-order valence-corrected chi connectivity index (χ2v) is 5.01. The third-order valence-corrected chi connectivity index (χ3v) is 2.26. The van der Waals surface area contributed by atoms with Gasteiger partial charge in [0.05, 0.1) is 6.10 Å². The zero-order valence-electron chi connectivity index (χ0n) is 10.5. The van der Waals surface area contributed by atoms with Crippen molar-refractivity contribution in [2.45, 2.75) is 53.6 Å². The van der Waals surface area contributed by atoms with Crippen molar-refractivity contribution < 1.29 is 4.74 Å². The summed E-state index contributed by atoms with van der Waals surface area (Å²) in [5.41, 5.74) is 0.351. The lowest BCUT2D eigenvalue weighted by Crippen LogP contribution is -2.31. The molecule has 0 bridgehead atoms. The van der Waals surface area contributed by atoms with Crippen LogP contribution in [0.15, 0.2) is 0 Å². The second-order valence-electron chi connectivity index (χ2n) is 5.01. The van der Waals surface area contributed by atoms with Gasteiger partial charge in [-0.2, -0.15) is 0 Å². The standard InChI is InChI=1S/C12H27NO/c1-6-8-13-10-12(4,5)7-9-14-11(2)3/h11,13H,6-10H2,1-5H3. The monoisotopic (exact) mass is 201 g/mol. The predicted octanol–water partition coefficient (Wildman–Crippen LogP) is 2.83. The first kappa shape index (κ1) is 13.9. The smallest absolute Gasteiger partial charge is 0.0518 e. The molecule has 0 saturated heterocycles. The number of hydrogen-bond donors (Lipinski definition) is 1. The third kappa shape index (κ3) is 8.52. The molecule has 0 aliphatic heterocycles. The summed E-state index contributed by atoms with van der Waals surface area (Å²) < 4.78 is 5.56. The van der Waals surface area contributed by atoms with Crippen LogP contribution < -0.4 is 5.32 Å². The number of rotatable bonds is 8. The molecule has 0 aromatic heterocycles. The lowest BCUT2D eigenvalue weighted by atomic mass is 9.90. The van der Waals surface area contributed by atoms with Crippen LogP contribution in [-0.2, 0) is 4.74 Å². The van der Waals surface area contributed by atoms with Gasteiger partial charge in [0.2, 0.25) is 0 Å². The van der Waals surface area contributed by atoms with E-state index in [4.69, 9.17) is 4.74 Å². The average molecular weight is 201 g/mol. The Morgan fingerprint density at radius 1 is 1.29 bits per heavy atom. The summed E-state index contributed by atoms with van der Waals surface area (Å²) in [6, 6.07) is 0. The Morgan fingerprint density at radius 3 is 2.43 bits per heavy atom. The molecule has 0 spiro atoms. The quantitative estimate of drug-likeness (QED) is 0.610. The maximum absolute atomic E-state index is 5.56. The average Bonchev–Trinajstić information content (AvgIpc) is 2.03. The van der Waals surface area contributed by atoms with E-state index < -0.39 is 0 Å². The van der Waals surface area contributed by atoms with E-state index in [1.54, 1.807) is 0 Å². The van der Waals surface area contributed by atoms with Gasteiger partial charge in [0.25, 0.3) is 0 Å². The number of nitrogens with one attached hydrogen (secondary N) is 1. The minimum absolute atomic E-state index is 0.351. The van der Waals surface area contributed by atoms with Gasteiger partial charge >= 0.3 is 0 Å². The Kier molecular flexibility index (Phi) is 7.20. The van der Waals surface area contributed by atoms with Crippen LogP contribution in [0.1, 0.15) is 47.5 Å². The maximum Gasteiger partial charge on any atom is 0.0518 e. The van der Waals surface area contributed by atoms with E-state index in [9.17, 15) is 0 Å². The molecule has 0 atom stereocenters. The highest BCUT2D eigenvalue weighted by Crippen LogP contribution is 2.19. The fraction of sp³-hybridized carbons (Fsp3) is 1.00. The van der Waals surface area contributed by atoms with Gasteiger partial charge < -0.3 is 10.1 Å². The molecular weight excluding hydrogens is 174 g/mol. The molecule has 0 amide bonds. The van der Waals surface area contributed by atoms with Crippen molar-refractivity contribution in [1.82, 2.24) is 5.32 Å². The van der Waals surface area contributed by atoms with Crippen LogP contribution in [0.4, 0.5) is 0 Å². The minimum atomic E-state index is 0.351. The van der Waals surface area contributed by atoms with Gasteiger partial charge in [0, 0.05) is 13.2 Å². The highest BCUT2D eigenvalue weighted by Gasteiger charge is 2.16. The van der Waals surface area contributed by atoms with Crippen molar-refractivity contribution >= 4 is 0 Å². The van der Waals surface area contributed by atoms with Gasteiger partial charge in [-0.3, -0.25) is 0 Å². The van der Waals surface area contributed by atoms with E-state index in [1.165, 1.54) is 6.42 Å². The first-order valence-corrected chi connectivity index (χ1v) is 5.80. The van der Waals surface area contributed by atoms with Crippen LogP contribution in [-0.4, -0.2) is 25.8 Å². The van der Waals surface area contributed by atoms with Crippen molar-refractivity contribution in [2.24, 2.45) is 5.41 Å². The zero-order valence-corrected chi connectivity index (χ0v) is 10.5. The van der Waals surface area contributed by atoms with E-state index >= 15 is 0 Å². The van der Waals surface area contributed by atoms with Gasteiger partial charge in [-0.15, -0.1) is 0 Å². The molecule has 0 rings (SSSR count). The lowest BCUT2D eigenvalue weighted by Gasteiger charge is -2.25. The highest BCUT2D eigenvalue weighted by atomic mass is 16.5. The summed E-state index contributed by atoms with van der Waals surface area (Å²) in [5, 5.41) is 3.46. The molecule has 1 N–H and O–H groups in total. The molecule has 0 fully saturated rings. The minimum Gasteiger partial charge on any atom is -0.379 e. The van der Waals surface area contributed by atoms with E-state index in [1.807, 2.05) is 0 Å². The molecular formula is C12H27NO. The summed E-state index contributed by atoms with van der Waals surface area (Å²) in [4.78, 5) is 0. The molecule has 0 aromatic carbocycles. The fourth-order valence-electron chi connectivity index (χ4n) is 1.26. The molecule has 0 radical (unpaired) electrons. The van der Waals surface area contributed by atoms with Crippen LogP contribution in [0.3, 0.4) is 0 Å². The summed E-state index contributed by atoms with van der Waals surface area (Å²) in [7, 11) is 0. The van der Waals surface area contributed by atoms with E-state index in [-0.39, 0.29) is 0 Å². The summed E-state index contributed by atoms with van der Waals surface area (Å²) >= 11 is 0. The lowest BCUT2D eigenvalue weighted by molar-refractivity contribution is 0.0574. The molecule has 86 valence electrons. The number of ether oxygens (including phenoxy) is 1. The Hall–Kier alpha value is -0.0800. The molecule has 0 saturated carbocycles. The first-order valence-electron chi connectivity index (χ1n) is 5.80. The third-order valence-electron chi connectivity index (χ3n) is 2.26. The molecule has 2 nitrogen and oxygen atoms in total. The van der Waals surface area contributed by atoms with Crippen LogP contribution in [0.2, 0.25) is 0 Å². The van der Waals surface area contributed by atoms with Crippen LogP contribution in [0.5, 0.6) is 0 Å². The van der Waals surface area contributed by atoms with Crippen molar-refractivity contribution in [3.05, 3.63) is 0 Å². The van der Waals surface area contributed by atoms with Gasteiger partial charge in [0.15, 0.2) is 0 Å². The normalized spacial score (nSPS) is 12.4.